The van der Waals surface area contributed by atoms with Crippen molar-refractivity contribution in [1.29, 1.82) is 0 Å². The van der Waals surface area contributed by atoms with Gasteiger partial charge in [0.2, 0.25) is 0 Å². The molecule has 0 saturated heterocycles. The van der Waals surface area contributed by atoms with E-state index in [2.05, 4.69) is 30.3 Å². The lowest BCUT2D eigenvalue weighted by molar-refractivity contribution is -0.145. The van der Waals surface area contributed by atoms with Gasteiger partial charge in [-0.2, -0.15) is 0 Å². The van der Waals surface area contributed by atoms with E-state index in [-0.39, 0.29) is 6.04 Å². The van der Waals surface area contributed by atoms with E-state index in [0.29, 0.717) is 16.0 Å². The molecule has 0 heterocycles. The van der Waals surface area contributed by atoms with Crippen LogP contribution < -0.4 is 5.73 Å². The Balaban J connectivity index is 0.000000298. The fourth-order valence-corrected chi connectivity index (χ4v) is 3.21. The lowest BCUT2D eigenvalue weighted by atomic mass is 9.77. The van der Waals surface area contributed by atoms with Crippen LogP contribution >= 0.6 is 23.2 Å². The van der Waals surface area contributed by atoms with E-state index in [1.54, 1.807) is 20.8 Å². The summed E-state index contributed by atoms with van der Waals surface area (Å²) in [6.45, 7) is 4.99. The van der Waals surface area contributed by atoms with Crippen molar-refractivity contribution in [2.75, 3.05) is 0 Å². The summed E-state index contributed by atoms with van der Waals surface area (Å²) in [7, 11) is 0. The van der Waals surface area contributed by atoms with Gasteiger partial charge in [-0.1, -0.05) is 53.5 Å². The number of carboxylic acids is 1. The Kier molecular flexibility index (Phi) is 6.73. The largest absolute Gasteiger partial charge is 0.481 e. The zero-order valence-corrected chi connectivity index (χ0v) is 16.8. The Labute approximate surface area is 165 Å². The number of rotatable bonds is 1. The molecule has 0 amide bonds. The fourth-order valence-electron chi connectivity index (χ4n) is 2.90. The number of carbonyl (C=O) groups is 1. The maximum absolute atomic E-state index is 10.0. The molecule has 26 heavy (non-hydrogen) atoms. The summed E-state index contributed by atoms with van der Waals surface area (Å²) in [6.07, 6.45) is 2.05. The molecule has 0 spiro atoms. The zero-order chi connectivity index (χ0) is 19.5. The quantitative estimate of drug-likeness (QED) is 0.620. The second-order valence-corrected chi connectivity index (χ2v) is 8.41. The van der Waals surface area contributed by atoms with Gasteiger partial charge in [-0.15, -0.1) is 0 Å². The van der Waals surface area contributed by atoms with Crippen molar-refractivity contribution in [3.05, 3.63) is 69.2 Å². The molecule has 3 nitrogen and oxygen atoms in total. The summed E-state index contributed by atoms with van der Waals surface area (Å²) in [5.74, 6) is -0.390. The molecule has 140 valence electrons. The average Bonchev–Trinajstić information content (AvgIpc) is 2.58. The summed E-state index contributed by atoms with van der Waals surface area (Å²) in [5, 5.41) is 9.47. The SMILES string of the molecule is CC(C)(C)C(=O)O.N[C@H]1CC[C@@H](c2ccc(Cl)c(Cl)c2)c2ccccc21. The third-order valence-corrected chi connectivity index (χ3v) is 5.26. The van der Waals surface area contributed by atoms with Crippen LogP contribution in [0.5, 0.6) is 0 Å². The molecule has 2 aromatic carbocycles. The minimum atomic E-state index is -0.757. The highest BCUT2D eigenvalue weighted by Crippen LogP contribution is 2.41. The molecule has 1 aliphatic rings. The molecule has 0 bridgehead atoms. The first-order valence-electron chi connectivity index (χ1n) is 8.64. The molecule has 0 aromatic heterocycles. The molecular weight excluding hydrogens is 369 g/mol. The highest BCUT2D eigenvalue weighted by Gasteiger charge is 2.26. The van der Waals surface area contributed by atoms with Crippen molar-refractivity contribution in [2.45, 2.75) is 45.6 Å². The van der Waals surface area contributed by atoms with Crippen LogP contribution in [0.4, 0.5) is 0 Å². The average molecular weight is 394 g/mol. The van der Waals surface area contributed by atoms with Gasteiger partial charge in [-0.25, -0.2) is 0 Å². The molecule has 0 saturated carbocycles. The van der Waals surface area contributed by atoms with E-state index in [4.69, 9.17) is 34.0 Å². The summed E-state index contributed by atoms with van der Waals surface area (Å²) >= 11 is 12.1. The van der Waals surface area contributed by atoms with E-state index >= 15 is 0 Å². The zero-order valence-electron chi connectivity index (χ0n) is 15.3. The maximum atomic E-state index is 10.0. The summed E-state index contributed by atoms with van der Waals surface area (Å²) in [4.78, 5) is 10.0. The number of benzene rings is 2. The molecule has 0 aliphatic heterocycles. The van der Waals surface area contributed by atoms with Crippen molar-refractivity contribution in [3.63, 3.8) is 0 Å². The van der Waals surface area contributed by atoms with E-state index in [9.17, 15) is 4.79 Å². The summed E-state index contributed by atoms with van der Waals surface area (Å²) in [5.41, 5.74) is 9.40. The van der Waals surface area contributed by atoms with Crippen molar-refractivity contribution < 1.29 is 9.90 Å². The number of nitrogens with two attached hydrogens (primary N) is 1. The number of hydrogen-bond donors (Lipinski definition) is 2. The third-order valence-electron chi connectivity index (χ3n) is 4.52. The predicted molar refractivity (Wildman–Crippen MR) is 108 cm³/mol. The van der Waals surface area contributed by atoms with Gasteiger partial charge in [0.25, 0.3) is 0 Å². The van der Waals surface area contributed by atoms with Crippen LogP contribution in [0.3, 0.4) is 0 Å². The first-order chi connectivity index (χ1) is 12.1. The maximum Gasteiger partial charge on any atom is 0.308 e. The molecule has 0 unspecified atom stereocenters. The molecule has 3 N–H and O–H groups in total. The van der Waals surface area contributed by atoms with Crippen LogP contribution in [-0.2, 0) is 4.79 Å². The summed E-state index contributed by atoms with van der Waals surface area (Å²) < 4.78 is 0. The molecule has 0 radical (unpaired) electrons. The smallest absolute Gasteiger partial charge is 0.308 e. The number of hydrogen-bond acceptors (Lipinski definition) is 2. The van der Waals surface area contributed by atoms with Gasteiger partial charge >= 0.3 is 5.97 Å². The highest BCUT2D eigenvalue weighted by atomic mass is 35.5. The predicted octanol–water partition coefficient (Wildman–Crippen LogP) is 6.04. The Morgan fingerprint density at radius 3 is 2.15 bits per heavy atom. The van der Waals surface area contributed by atoms with Crippen molar-refractivity contribution >= 4 is 29.2 Å². The molecule has 2 atom stereocenters. The molecule has 3 rings (SSSR count). The van der Waals surface area contributed by atoms with Gasteiger partial charge in [-0.3, -0.25) is 4.79 Å². The van der Waals surface area contributed by atoms with Crippen LogP contribution in [0.25, 0.3) is 0 Å². The molecule has 0 fully saturated rings. The Morgan fingerprint density at radius 1 is 1.04 bits per heavy atom. The lowest BCUT2D eigenvalue weighted by Crippen LogP contribution is -2.20. The topological polar surface area (TPSA) is 63.3 Å². The van der Waals surface area contributed by atoms with Crippen molar-refractivity contribution in [1.82, 2.24) is 0 Å². The normalized spacial score (nSPS) is 19.2. The van der Waals surface area contributed by atoms with Gasteiger partial charge in [0, 0.05) is 12.0 Å². The summed E-state index contributed by atoms with van der Waals surface area (Å²) in [6, 6.07) is 14.5. The van der Waals surface area contributed by atoms with Gasteiger partial charge < -0.3 is 10.8 Å². The molecule has 2 aromatic rings. The van der Waals surface area contributed by atoms with Crippen LogP contribution in [0.15, 0.2) is 42.5 Å². The Morgan fingerprint density at radius 2 is 1.62 bits per heavy atom. The number of carboxylic acid groups (broad SMARTS) is 1. The molecular formula is C21H25Cl2NO2. The Bertz CT molecular complexity index is 784. The van der Waals surface area contributed by atoms with Crippen LogP contribution in [0.2, 0.25) is 10.0 Å². The molecule has 5 heteroatoms. The second kappa shape index (κ2) is 8.43. The van der Waals surface area contributed by atoms with Crippen molar-refractivity contribution in [2.24, 2.45) is 11.1 Å². The number of fused-ring (bicyclic) bond motifs is 1. The van der Waals surface area contributed by atoms with E-state index in [0.717, 1.165) is 12.8 Å². The monoisotopic (exact) mass is 393 g/mol. The van der Waals surface area contributed by atoms with E-state index in [1.807, 2.05) is 12.1 Å². The third kappa shape index (κ3) is 5.00. The highest BCUT2D eigenvalue weighted by molar-refractivity contribution is 6.42. The second-order valence-electron chi connectivity index (χ2n) is 7.59. The van der Waals surface area contributed by atoms with Gasteiger partial charge in [-0.05, 0) is 62.4 Å². The molecule has 1 aliphatic carbocycles. The van der Waals surface area contributed by atoms with E-state index < -0.39 is 11.4 Å². The first-order valence-corrected chi connectivity index (χ1v) is 9.39. The number of aliphatic carboxylic acids is 1. The van der Waals surface area contributed by atoms with Crippen LogP contribution in [0.1, 0.15) is 62.3 Å². The van der Waals surface area contributed by atoms with Crippen LogP contribution in [-0.4, -0.2) is 11.1 Å². The number of halogens is 2. The van der Waals surface area contributed by atoms with Gasteiger partial charge in [0.15, 0.2) is 0 Å². The standard InChI is InChI=1S/C16H15Cl2N.C5H10O2/c17-14-7-5-10(9-15(14)18)11-6-8-16(19)13-4-2-1-3-12(11)13;1-5(2,3)4(6)7/h1-5,7,9,11,16H,6,8,19H2;1-3H3,(H,6,7)/t11-,16-;/m0./s1. The lowest BCUT2D eigenvalue weighted by Gasteiger charge is -2.30. The fraction of sp³-hybridized carbons (Fsp3) is 0.381. The van der Waals surface area contributed by atoms with Crippen LogP contribution in [0, 0.1) is 5.41 Å². The van der Waals surface area contributed by atoms with E-state index in [1.165, 1.54) is 16.7 Å². The first kappa shape index (κ1) is 20.8. The van der Waals surface area contributed by atoms with Gasteiger partial charge in [0.1, 0.15) is 0 Å². The van der Waals surface area contributed by atoms with Crippen molar-refractivity contribution in [3.8, 4) is 0 Å². The minimum Gasteiger partial charge on any atom is -0.481 e. The Hall–Kier alpha value is -1.55. The minimum absolute atomic E-state index is 0.148. The van der Waals surface area contributed by atoms with Gasteiger partial charge in [0.05, 0.1) is 15.5 Å².